The van der Waals surface area contributed by atoms with E-state index in [1.165, 1.54) is 31.4 Å². The van der Waals surface area contributed by atoms with E-state index in [1.54, 1.807) is 0 Å². The first-order valence-corrected chi connectivity index (χ1v) is 5.56. The maximum atomic E-state index is 4.42. The highest BCUT2D eigenvalue weighted by molar-refractivity contribution is 9.10. The number of hydrogen-bond donors (Lipinski definition) is 0. The van der Waals surface area contributed by atoms with Crippen LogP contribution in [0.15, 0.2) is 10.8 Å². The van der Waals surface area contributed by atoms with E-state index in [0.717, 1.165) is 10.4 Å². The summed E-state index contributed by atoms with van der Waals surface area (Å²) in [5.41, 5.74) is 2.28. The topological polar surface area (TPSA) is 25.8 Å². The third-order valence-corrected chi connectivity index (χ3v) is 2.97. The molecule has 0 aromatic carbocycles. The van der Waals surface area contributed by atoms with Gasteiger partial charge in [-0.1, -0.05) is 12.8 Å². The number of nitrogens with zero attached hydrogens (tertiary/aromatic N) is 2. The molecule has 0 atom stereocenters. The van der Waals surface area contributed by atoms with Gasteiger partial charge in [-0.3, -0.25) is 0 Å². The molecule has 0 unspecified atom stereocenters. The Morgan fingerprint density at radius 2 is 2.00 bits per heavy atom. The van der Waals surface area contributed by atoms with Crippen molar-refractivity contribution in [3.05, 3.63) is 22.2 Å². The van der Waals surface area contributed by atoms with Crippen molar-refractivity contribution in [3.63, 3.8) is 0 Å². The van der Waals surface area contributed by atoms with Crippen LogP contribution in [0.2, 0.25) is 0 Å². The van der Waals surface area contributed by atoms with Crippen LogP contribution in [0.25, 0.3) is 0 Å². The summed E-state index contributed by atoms with van der Waals surface area (Å²) in [6.07, 6.45) is 5.29. The van der Waals surface area contributed by atoms with Gasteiger partial charge >= 0.3 is 0 Å². The first kappa shape index (κ1) is 9.13. The summed E-state index contributed by atoms with van der Waals surface area (Å²) in [4.78, 5) is 8.63. The van der Waals surface area contributed by atoms with Crippen LogP contribution < -0.4 is 0 Å². The Hall–Kier alpha value is -0.440. The lowest BCUT2D eigenvalue weighted by molar-refractivity contribution is 0.688. The van der Waals surface area contributed by atoms with Crippen LogP contribution in [0.4, 0.5) is 0 Å². The number of rotatable bonds is 1. The van der Waals surface area contributed by atoms with Crippen LogP contribution >= 0.6 is 15.9 Å². The van der Waals surface area contributed by atoms with E-state index in [1.807, 2.05) is 6.92 Å². The predicted octanol–water partition coefficient (Wildman–Crippen LogP) is 3.21. The first-order chi connectivity index (χ1) is 6.25. The van der Waals surface area contributed by atoms with Crippen LogP contribution in [-0.2, 0) is 0 Å². The lowest BCUT2D eigenvalue weighted by Gasteiger charge is -2.08. The zero-order valence-corrected chi connectivity index (χ0v) is 9.34. The molecule has 1 aromatic rings. The molecule has 1 aliphatic rings. The molecule has 1 aromatic heterocycles. The monoisotopic (exact) mass is 240 g/mol. The maximum Gasteiger partial charge on any atom is 0.197 e. The van der Waals surface area contributed by atoms with Gasteiger partial charge in [-0.2, -0.15) is 0 Å². The minimum absolute atomic E-state index is 0.679. The molecule has 3 heteroatoms. The largest absolute Gasteiger partial charge is 0.228 e. The molecule has 1 heterocycles. The summed E-state index contributed by atoms with van der Waals surface area (Å²) in [6, 6.07) is 2.11. The predicted molar refractivity (Wildman–Crippen MR) is 55.7 cm³/mol. The van der Waals surface area contributed by atoms with Crippen molar-refractivity contribution in [2.45, 2.75) is 38.5 Å². The first-order valence-electron chi connectivity index (χ1n) is 4.77. The summed E-state index contributed by atoms with van der Waals surface area (Å²) in [5, 5.41) is 0. The Labute approximate surface area is 86.9 Å². The quantitative estimate of drug-likeness (QED) is 0.705. The molecule has 0 aliphatic heterocycles. The second-order valence-electron chi connectivity index (χ2n) is 3.68. The number of halogens is 1. The summed E-state index contributed by atoms with van der Waals surface area (Å²) in [5.74, 6) is 0.679. The normalized spacial score (nSPS) is 18.0. The van der Waals surface area contributed by atoms with Gasteiger partial charge < -0.3 is 0 Å². The van der Waals surface area contributed by atoms with Crippen molar-refractivity contribution >= 4 is 15.9 Å². The van der Waals surface area contributed by atoms with E-state index >= 15 is 0 Å². The molecule has 0 saturated heterocycles. The summed E-state index contributed by atoms with van der Waals surface area (Å²) >= 11 is 3.34. The molecule has 0 amide bonds. The molecule has 1 fully saturated rings. The van der Waals surface area contributed by atoms with Gasteiger partial charge in [-0.15, -0.1) is 0 Å². The third-order valence-electron chi connectivity index (χ3n) is 2.62. The average Bonchev–Trinajstić information content (AvgIpc) is 2.53. The second kappa shape index (κ2) is 3.74. The Morgan fingerprint density at radius 3 is 2.62 bits per heavy atom. The molecule has 70 valence electrons. The molecule has 13 heavy (non-hydrogen) atoms. The SMILES string of the molecule is Cc1cc(C2CCCC2)nc(Br)n1. The fourth-order valence-corrected chi connectivity index (χ4v) is 2.47. The lowest BCUT2D eigenvalue weighted by Crippen LogP contribution is -1.99. The molecule has 0 bridgehead atoms. The van der Waals surface area contributed by atoms with Crippen LogP contribution in [-0.4, -0.2) is 9.97 Å². The van der Waals surface area contributed by atoms with Gasteiger partial charge in [0, 0.05) is 17.3 Å². The summed E-state index contributed by atoms with van der Waals surface area (Å²) < 4.78 is 0.731. The van der Waals surface area contributed by atoms with Crippen molar-refractivity contribution < 1.29 is 0 Å². The minimum Gasteiger partial charge on any atom is -0.228 e. The van der Waals surface area contributed by atoms with Crippen LogP contribution in [0.5, 0.6) is 0 Å². The Balaban J connectivity index is 2.28. The second-order valence-corrected chi connectivity index (χ2v) is 4.39. The average molecular weight is 241 g/mol. The molecule has 2 rings (SSSR count). The number of aryl methyl sites for hydroxylation is 1. The van der Waals surface area contributed by atoms with Crippen LogP contribution in [0, 0.1) is 6.92 Å². The maximum absolute atomic E-state index is 4.42. The van der Waals surface area contributed by atoms with E-state index < -0.39 is 0 Å². The lowest BCUT2D eigenvalue weighted by atomic mass is 10.0. The molecule has 0 N–H and O–H groups in total. The van der Waals surface area contributed by atoms with E-state index in [4.69, 9.17) is 0 Å². The van der Waals surface area contributed by atoms with Gasteiger partial charge in [-0.25, -0.2) is 9.97 Å². The van der Waals surface area contributed by atoms with Gasteiger partial charge in [0.25, 0.3) is 0 Å². The summed E-state index contributed by atoms with van der Waals surface area (Å²) in [6.45, 7) is 2.02. The molecule has 2 nitrogen and oxygen atoms in total. The zero-order chi connectivity index (χ0) is 9.26. The van der Waals surface area contributed by atoms with Crippen molar-refractivity contribution in [1.82, 2.24) is 9.97 Å². The van der Waals surface area contributed by atoms with E-state index in [9.17, 15) is 0 Å². The molecule has 1 saturated carbocycles. The fraction of sp³-hybridized carbons (Fsp3) is 0.600. The highest BCUT2D eigenvalue weighted by Gasteiger charge is 2.18. The Kier molecular flexibility index (Phi) is 2.63. The fourth-order valence-electron chi connectivity index (χ4n) is 1.99. The third kappa shape index (κ3) is 2.08. The van der Waals surface area contributed by atoms with Crippen molar-refractivity contribution in [2.24, 2.45) is 0 Å². The van der Waals surface area contributed by atoms with Gasteiger partial charge in [-0.05, 0) is 41.8 Å². The highest BCUT2D eigenvalue weighted by atomic mass is 79.9. The standard InChI is InChI=1S/C10H13BrN2/c1-7-6-9(13-10(11)12-7)8-4-2-3-5-8/h6,8H,2-5H2,1H3. The zero-order valence-electron chi connectivity index (χ0n) is 7.76. The van der Waals surface area contributed by atoms with Gasteiger partial charge in [0.05, 0.1) is 0 Å². The van der Waals surface area contributed by atoms with Crippen molar-refractivity contribution in [2.75, 3.05) is 0 Å². The molecular weight excluding hydrogens is 228 g/mol. The van der Waals surface area contributed by atoms with Gasteiger partial charge in [0.2, 0.25) is 0 Å². The summed E-state index contributed by atoms with van der Waals surface area (Å²) in [7, 11) is 0. The van der Waals surface area contributed by atoms with Gasteiger partial charge in [0.15, 0.2) is 4.73 Å². The Morgan fingerprint density at radius 1 is 1.31 bits per heavy atom. The number of aromatic nitrogens is 2. The van der Waals surface area contributed by atoms with Crippen molar-refractivity contribution in [3.8, 4) is 0 Å². The molecule has 0 radical (unpaired) electrons. The Bertz CT molecular complexity index is 286. The van der Waals surface area contributed by atoms with Crippen LogP contribution in [0.1, 0.15) is 43.0 Å². The molecule has 1 aliphatic carbocycles. The van der Waals surface area contributed by atoms with E-state index in [0.29, 0.717) is 5.92 Å². The minimum atomic E-state index is 0.679. The van der Waals surface area contributed by atoms with E-state index in [2.05, 4.69) is 32.0 Å². The van der Waals surface area contributed by atoms with Gasteiger partial charge in [0.1, 0.15) is 0 Å². The van der Waals surface area contributed by atoms with E-state index in [-0.39, 0.29) is 0 Å². The molecular formula is C10H13BrN2. The smallest absolute Gasteiger partial charge is 0.197 e. The van der Waals surface area contributed by atoms with Crippen molar-refractivity contribution in [1.29, 1.82) is 0 Å². The highest BCUT2D eigenvalue weighted by Crippen LogP contribution is 2.33. The van der Waals surface area contributed by atoms with Crippen LogP contribution in [0.3, 0.4) is 0 Å². The molecule has 0 spiro atoms. The number of hydrogen-bond acceptors (Lipinski definition) is 2.